The number of hydrogen-bond acceptors (Lipinski definition) is 7. The van der Waals surface area contributed by atoms with Crippen LogP contribution in [-0.4, -0.2) is 55.4 Å². The lowest BCUT2D eigenvalue weighted by atomic mass is 10.1. The number of ether oxygens (including phenoxy) is 5. The van der Waals surface area contributed by atoms with Crippen LogP contribution in [-0.2, 0) is 23.7 Å². The van der Waals surface area contributed by atoms with Gasteiger partial charge in [0, 0.05) is 0 Å². The van der Waals surface area contributed by atoms with E-state index in [-0.39, 0.29) is 6.61 Å². The van der Waals surface area contributed by atoms with Crippen molar-refractivity contribution in [3.05, 3.63) is 71.8 Å². The maximum absolute atomic E-state index is 12.7. The summed E-state index contributed by atoms with van der Waals surface area (Å²) in [5.74, 6) is -1.80. The van der Waals surface area contributed by atoms with Gasteiger partial charge in [-0.1, -0.05) is 36.4 Å². The van der Waals surface area contributed by atoms with E-state index in [9.17, 15) is 9.59 Å². The Morgan fingerprint density at radius 1 is 0.967 bits per heavy atom. The van der Waals surface area contributed by atoms with Crippen molar-refractivity contribution in [1.29, 1.82) is 0 Å². The smallest absolute Gasteiger partial charge is 0.338 e. The molecule has 2 aromatic carbocycles. The third kappa shape index (κ3) is 4.53. The van der Waals surface area contributed by atoms with Gasteiger partial charge in [-0.25, -0.2) is 9.59 Å². The number of carbonyl (C=O) groups is 2. The van der Waals surface area contributed by atoms with E-state index in [4.69, 9.17) is 23.7 Å². The fourth-order valence-electron chi connectivity index (χ4n) is 3.58. The summed E-state index contributed by atoms with van der Waals surface area (Å²) in [7, 11) is 0. The van der Waals surface area contributed by atoms with Gasteiger partial charge in [0.15, 0.2) is 11.9 Å². The summed E-state index contributed by atoms with van der Waals surface area (Å²) >= 11 is 0. The minimum Gasteiger partial charge on any atom is -0.459 e. The topological polar surface area (TPSA) is 80.3 Å². The molecule has 158 valence electrons. The highest BCUT2D eigenvalue weighted by Crippen LogP contribution is 2.35. The average Bonchev–Trinajstić information content (AvgIpc) is 3.08. The van der Waals surface area contributed by atoms with E-state index < -0.39 is 42.1 Å². The van der Waals surface area contributed by atoms with Crippen LogP contribution < -0.4 is 0 Å². The molecule has 7 nitrogen and oxygen atoms in total. The zero-order valence-corrected chi connectivity index (χ0v) is 16.9. The molecule has 30 heavy (non-hydrogen) atoms. The summed E-state index contributed by atoms with van der Waals surface area (Å²) in [5.41, 5.74) is 0.860. The molecule has 2 saturated heterocycles. The molecule has 0 amide bonds. The molecule has 4 rings (SSSR count). The van der Waals surface area contributed by atoms with Crippen molar-refractivity contribution in [3.63, 3.8) is 0 Å². The van der Waals surface area contributed by atoms with Crippen LogP contribution in [0.1, 0.15) is 34.6 Å². The van der Waals surface area contributed by atoms with Crippen LogP contribution in [0.3, 0.4) is 0 Å². The van der Waals surface area contributed by atoms with E-state index in [0.29, 0.717) is 17.7 Å². The van der Waals surface area contributed by atoms with Crippen LogP contribution in [0.5, 0.6) is 0 Å². The first-order valence-corrected chi connectivity index (χ1v) is 9.88. The first kappa shape index (κ1) is 20.5. The Bertz CT molecular complexity index is 881. The predicted molar refractivity (Wildman–Crippen MR) is 106 cm³/mol. The third-order valence-electron chi connectivity index (χ3n) is 5.06. The van der Waals surface area contributed by atoms with Gasteiger partial charge in [0.1, 0.15) is 24.9 Å². The van der Waals surface area contributed by atoms with Crippen LogP contribution in [0.25, 0.3) is 0 Å². The summed E-state index contributed by atoms with van der Waals surface area (Å²) in [6.07, 6.45) is -2.36. The van der Waals surface area contributed by atoms with Gasteiger partial charge in [0.05, 0.1) is 17.7 Å². The van der Waals surface area contributed by atoms with Gasteiger partial charge in [0.2, 0.25) is 0 Å². The summed E-state index contributed by atoms with van der Waals surface area (Å²) in [4.78, 5) is 25.0. The summed E-state index contributed by atoms with van der Waals surface area (Å²) < 4.78 is 28.9. The van der Waals surface area contributed by atoms with Crippen molar-refractivity contribution in [2.45, 2.75) is 44.1 Å². The number of fused-ring (bicyclic) bond motifs is 1. The molecular formula is C23H24O7. The first-order valence-electron chi connectivity index (χ1n) is 9.88. The molecule has 4 unspecified atom stereocenters. The molecule has 2 heterocycles. The van der Waals surface area contributed by atoms with E-state index in [0.717, 1.165) is 0 Å². The fourth-order valence-corrected chi connectivity index (χ4v) is 3.58. The fraction of sp³-hybridized carbons (Fsp3) is 0.391. The molecule has 2 aromatic rings. The summed E-state index contributed by atoms with van der Waals surface area (Å²) in [6, 6.07) is 17.4. The number of rotatable bonds is 5. The largest absolute Gasteiger partial charge is 0.459 e. The molecule has 2 aliphatic heterocycles. The molecule has 0 spiro atoms. The van der Waals surface area contributed by atoms with E-state index in [1.54, 1.807) is 62.4 Å². The molecule has 0 aromatic heterocycles. The van der Waals surface area contributed by atoms with Crippen molar-refractivity contribution in [3.8, 4) is 0 Å². The molecule has 0 saturated carbocycles. The minimum absolute atomic E-state index is 0.0722. The Kier molecular flexibility index (Phi) is 5.85. The number of esters is 2. The van der Waals surface area contributed by atoms with Crippen LogP contribution in [0.4, 0.5) is 0 Å². The second-order valence-electron chi connectivity index (χ2n) is 7.71. The molecular weight excluding hydrogens is 388 g/mol. The summed E-state index contributed by atoms with van der Waals surface area (Å²) in [5, 5.41) is 0. The number of carbonyl (C=O) groups excluding carboxylic acids is 2. The monoisotopic (exact) mass is 412 g/mol. The molecule has 7 heteroatoms. The van der Waals surface area contributed by atoms with Crippen molar-refractivity contribution in [2.75, 3.05) is 13.2 Å². The standard InChI is InChI=1S/C23H24O7/c1-23(2)27-14-18-20(30-23)19(29-22(25)16-11-7-4-8-12-16)17(28-18)13-26-21(24)15-9-5-3-6-10-15/h3-12,17-20H,13-14H2,1-2H3. The lowest BCUT2D eigenvalue weighted by Gasteiger charge is -2.38. The zero-order valence-electron chi connectivity index (χ0n) is 16.9. The Hall–Kier alpha value is -2.74. The molecule has 0 bridgehead atoms. The average molecular weight is 412 g/mol. The highest BCUT2D eigenvalue weighted by Gasteiger charge is 2.53. The summed E-state index contributed by atoms with van der Waals surface area (Å²) in [6.45, 7) is 3.81. The number of hydrogen-bond donors (Lipinski definition) is 0. The van der Waals surface area contributed by atoms with Crippen LogP contribution >= 0.6 is 0 Å². The van der Waals surface area contributed by atoms with Gasteiger partial charge in [0.25, 0.3) is 0 Å². The molecule has 0 aliphatic carbocycles. The van der Waals surface area contributed by atoms with Gasteiger partial charge in [-0.3, -0.25) is 0 Å². The van der Waals surface area contributed by atoms with Crippen LogP contribution in [0.15, 0.2) is 60.7 Å². The maximum atomic E-state index is 12.7. The van der Waals surface area contributed by atoms with Gasteiger partial charge >= 0.3 is 11.9 Å². The quantitative estimate of drug-likeness (QED) is 0.699. The van der Waals surface area contributed by atoms with Crippen molar-refractivity contribution < 1.29 is 33.3 Å². The maximum Gasteiger partial charge on any atom is 0.338 e. The van der Waals surface area contributed by atoms with Gasteiger partial charge in [-0.05, 0) is 38.1 Å². The minimum atomic E-state index is -0.836. The lowest BCUT2D eigenvalue weighted by Crippen LogP contribution is -2.51. The zero-order chi connectivity index (χ0) is 21.1. The molecule has 2 aliphatic rings. The molecule has 0 radical (unpaired) electrons. The second-order valence-corrected chi connectivity index (χ2v) is 7.71. The second kappa shape index (κ2) is 8.55. The Morgan fingerprint density at radius 2 is 1.57 bits per heavy atom. The van der Waals surface area contributed by atoms with Crippen molar-refractivity contribution in [2.24, 2.45) is 0 Å². The molecule has 0 N–H and O–H groups in total. The van der Waals surface area contributed by atoms with Crippen LogP contribution in [0.2, 0.25) is 0 Å². The van der Waals surface area contributed by atoms with Gasteiger partial charge in [-0.2, -0.15) is 0 Å². The highest BCUT2D eigenvalue weighted by molar-refractivity contribution is 5.90. The third-order valence-corrected chi connectivity index (χ3v) is 5.06. The molecule has 2 fully saturated rings. The Balaban J connectivity index is 1.49. The number of benzene rings is 2. The van der Waals surface area contributed by atoms with E-state index >= 15 is 0 Å². The van der Waals surface area contributed by atoms with E-state index in [1.807, 2.05) is 12.1 Å². The van der Waals surface area contributed by atoms with Gasteiger partial charge in [-0.15, -0.1) is 0 Å². The van der Waals surface area contributed by atoms with Crippen LogP contribution in [0, 0.1) is 0 Å². The molecule has 4 atom stereocenters. The normalized spacial score (nSPS) is 27.1. The highest BCUT2D eigenvalue weighted by atomic mass is 16.7. The predicted octanol–water partition coefficient (Wildman–Crippen LogP) is 2.99. The van der Waals surface area contributed by atoms with E-state index in [1.165, 1.54) is 0 Å². The lowest BCUT2D eigenvalue weighted by molar-refractivity contribution is -0.299. The first-order chi connectivity index (χ1) is 14.4. The van der Waals surface area contributed by atoms with E-state index in [2.05, 4.69) is 0 Å². The van der Waals surface area contributed by atoms with Gasteiger partial charge < -0.3 is 23.7 Å². The van der Waals surface area contributed by atoms with Crippen molar-refractivity contribution >= 4 is 11.9 Å². The Morgan fingerprint density at radius 3 is 2.20 bits per heavy atom. The Labute approximate surface area is 174 Å². The SMILES string of the molecule is CC1(C)OCC2OC(COC(=O)c3ccccc3)C(OC(=O)c3ccccc3)C2O1. The van der Waals surface area contributed by atoms with Crippen molar-refractivity contribution in [1.82, 2.24) is 0 Å².